The summed E-state index contributed by atoms with van der Waals surface area (Å²) in [5.74, 6) is -0.0232. The zero-order chi connectivity index (χ0) is 57.8. The molecule has 2 unspecified atom stereocenters. The first kappa shape index (κ1) is 78.3. The van der Waals surface area contributed by atoms with Gasteiger partial charge in [0.2, 0.25) is 5.91 Å². The molecule has 2 atom stereocenters. The summed E-state index contributed by atoms with van der Waals surface area (Å²) in [4.78, 5) is 24.7. The van der Waals surface area contributed by atoms with Crippen LogP contribution < -0.4 is 5.32 Å². The smallest absolute Gasteiger partial charge is 0.305 e. The lowest BCUT2D eigenvalue weighted by Crippen LogP contribution is -2.45. The van der Waals surface area contributed by atoms with Crippen molar-refractivity contribution in [3.05, 3.63) is 24.3 Å². The molecular formula is C74H143NO5. The summed E-state index contributed by atoms with van der Waals surface area (Å²) < 4.78 is 5.50. The van der Waals surface area contributed by atoms with Crippen molar-refractivity contribution in [1.82, 2.24) is 5.32 Å². The monoisotopic (exact) mass is 1130 g/mol. The van der Waals surface area contributed by atoms with Gasteiger partial charge in [-0.1, -0.05) is 366 Å². The third kappa shape index (κ3) is 65.5. The summed E-state index contributed by atoms with van der Waals surface area (Å²) in [6.07, 6.45) is 88.0. The highest BCUT2D eigenvalue weighted by atomic mass is 16.5. The summed E-state index contributed by atoms with van der Waals surface area (Å²) >= 11 is 0. The summed E-state index contributed by atoms with van der Waals surface area (Å²) in [6, 6.07) is -0.543. The molecule has 474 valence electrons. The van der Waals surface area contributed by atoms with E-state index in [1.165, 1.54) is 327 Å². The molecule has 0 saturated heterocycles. The Hall–Kier alpha value is -1.66. The van der Waals surface area contributed by atoms with Gasteiger partial charge in [0, 0.05) is 12.8 Å². The molecule has 0 aliphatic rings. The van der Waals surface area contributed by atoms with Crippen molar-refractivity contribution >= 4 is 11.9 Å². The Balaban J connectivity index is 3.37. The molecule has 0 fully saturated rings. The average molecular weight is 1130 g/mol. The highest BCUT2D eigenvalue weighted by Crippen LogP contribution is 2.19. The molecule has 0 aromatic heterocycles. The number of amides is 1. The molecule has 0 saturated carbocycles. The molecule has 0 spiro atoms. The van der Waals surface area contributed by atoms with Gasteiger partial charge in [0.05, 0.1) is 25.4 Å². The second-order valence-electron chi connectivity index (χ2n) is 25.3. The molecule has 0 bridgehead atoms. The van der Waals surface area contributed by atoms with Crippen molar-refractivity contribution in [2.45, 2.75) is 424 Å². The van der Waals surface area contributed by atoms with E-state index >= 15 is 0 Å². The van der Waals surface area contributed by atoms with Crippen molar-refractivity contribution in [1.29, 1.82) is 0 Å². The normalized spacial score (nSPS) is 12.6. The first-order valence-electron chi connectivity index (χ1n) is 36.6. The summed E-state index contributed by atoms with van der Waals surface area (Å²) in [5.41, 5.74) is 0. The number of esters is 1. The van der Waals surface area contributed by atoms with Gasteiger partial charge in [-0.15, -0.1) is 0 Å². The first-order chi connectivity index (χ1) is 39.5. The minimum Gasteiger partial charge on any atom is -0.466 e. The van der Waals surface area contributed by atoms with Gasteiger partial charge in [-0.2, -0.15) is 0 Å². The number of nitrogens with one attached hydrogen (secondary N) is 1. The van der Waals surface area contributed by atoms with E-state index in [0.717, 1.165) is 51.4 Å². The number of carbonyl (C=O) groups is 2. The van der Waals surface area contributed by atoms with Crippen LogP contribution >= 0.6 is 0 Å². The fourth-order valence-electron chi connectivity index (χ4n) is 11.7. The SMILES string of the molecule is CCCCCC/C=C\C/C=C\CCCCCCCCCC(=O)OCCCCCCCCCCCCCCCCCCCCCCCCC(=O)NC(CO)C(O)CCCCCCCCCCCCCCCCCCCCCCCCC. The summed E-state index contributed by atoms with van der Waals surface area (Å²) in [7, 11) is 0. The van der Waals surface area contributed by atoms with Crippen LogP contribution in [0.4, 0.5) is 0 Å². The van der Waals surface area contributed by atoms with Crippen LogP contribution in [-0.4, -0.2) is 47.4 Å². The Bertz CT molecular complexity index is 1250. The van der Waals surface area contributed by atoms with Crippen LogP contribution in [0.25, 0.3) is 0 Å². The number of hydrogen-bond acceptors (Lipinski definition) is 5. The van der Waals surface area contributed by atoms with Crippen LogP contribution in [0.15, 0.2) is 24.3 Å². The summed E-state index contributed by atoms with van der Waals surface area (Å²) in [6.45, 7) is 4.97. The highest BCUT2D eigenvalue weighted by Gasteiger charge is 2.20. The summed E-state index contributed by atoms with van der Waals surface area (Å²) in [5, 5.41) is 23.4. The van der Waals surface area contributed by atoms with E-state index in [9.17, 15) is 19.8 Å². The molecule has 3 N–H and O–H groups in total. The van der Waals surface area contributed by atoms with Gasteiger partial charge < -0.3 is 20.3 Å². The van der Waals surface area contributed by atoms with E-state index in [-0.39, 0.29) is 18.5 Å². The van der Waals surface area contributed by atoms with Crippen molar-refractivity contribution in [3.8, 4) is 0 Å². The number of unbranched alkanes of at least 4 members (excludes halogenated alkanes) is 54. The molecule has 0 aliphatic heterocycles. The lowest BCUT2D eigenvalue weighted by molar-refractivity contribution is -0.143. The minimum atomic E-state index is -0.666. The molecule has 1 amide bonds. The Morgan fingerprint density at radius 2 is 0.625 bits per heavy atom. The van der Waals surface area contributed by atoms with Crippen molar-refractivity contribution in [2.24, 2.45) is 0 Å². The lowest BCUT2D eigenvalue weighted by atomic mass is 10.0. The lowest BCUT2D eigenvalue weighted by Gasteiger charge is -2.22. The van der Waals surface area contributed by atoms with Crippen LogP contribution in [0.2, 0.25) is 0 Å². The molecule has 80 heavy (non-hydrogen) atoms. The van der Waals surface area contributed by atoms with E-state index in [1.807, 2.05) is 0 Å². The van der Waals surface area contributed by atoms with Gasteiger partial charge in [0.25, 0.3) is 0 Å². The Morgan fingerprint density at radius 3 is 0.963 bits per heavy atom. The van der Waals surface area contributed by atoms with Crippen LogP contribution in [0.5, 0.6) is 0 Å². The Morgan fingerprint density at radius 1 is 0.350 bits per heavy atom. The predicted molar refractivity (Wildman–Crippen MR) is 352 cm³/mol. The molecule has 6 heteroatoms. The average Bonchev–Trinajstić information content (AvgIpc) is 3.46. The maximum absolute atomic E-state index is 12.6. The molecule has 6 nitrogen and oxygen atoms in total. The van der Waals surface area contributed by atoms with Gasteiger partial charge in [0.1, 0.15) is 0 Å². The number of hydrogen-bond donors (Lipinski definition) is 3. The van der Waals surface area contributed by atoms with Gasteiger partial charge in [-0.05, 0) is 57.8 Å². The van der Waals surface area contributed by atoms with Crippen molar-refractivity contribution in [2.75, 3.05) is 13.2 Å². The minimum absolute atomic E-state index is 0.00712. The zero-order valence-electron chi connectivity index (χ0n) is 54.3. The van der Waals surface area contributed by atoms with Gasteiger partial charge in [0.15, 0.2) is 0 Å². The zero-order valence-corrected chi connectivity index (χ0v) is 54.3. The number of carbonyl (C=O) groups excluding carboxylic acids is 2. The van der Waals surface area contributed by atoms with E-state index in [2.05, 4.69) is 43.5 Å². The van der Waals surface area contributed by atoms with E-state index in [1.54, 1.807) is 0 Å². The van der Waals surface area contributed by atoms with E-state index < -0.39 is 12.1 Å². The third-order valence-corrected chi connectivity index (χ3v) is 17.3. The molecule has 0 aliphatic carbocycles. The molecule has 0 aromatic rings. The number of allylic oxidation sites excluding steroid dienone is 4. The molecular weight excluding hydrogens is 983 g/mol. The molecule has 0 rings (SSSR count). The number of ether oxygens (including phenoxy) is 1. The molecule has 0 heterocycles. The number of aliphatic hydroxyl groups is 2. The Kier molecular flexibility index (Phi) is 68.4. The van der Waals surface area contributed by atoms with Crippen LogP contribution in [0, 0.1) is 0 Å². The second-order valence-corrected chi connectivity index (χ2v) is 25.3. The fourth-order valence-corrected chi connectivity index (χ4v) is 11.7. The molecule has 0 radical (unpaired) electrons. The topological polar surface area (TPSA) is 95.9 Å². The van der Waals surface area contributed by atoms with Crippen molar-refractivity contribution in [3.63, 3.8) is 0 Å². The first-order valence-corrected chi connectivity index (χ1v) is 36.6. The molecule has 0 aromatic carbocycles. The van der Waals surface area contributed by atoms with Crippen LogP contribution in [-0.2, 0) is 14.3 Å². The van der Waals surface area contributed by atoms with Crippen LogP contribution in [0.3, 0.4) is 0 Å². The fraction of sp³-hybridized carbons (Fsp3) is 0.919. The van der Waals surface area contributed by atoms with E-state index in [4.69, 9.17) is 4.74 Å². The maximum atomic E-state index is 12.6. The van der Waals surface area contributed by atoms with Crippen LogP contribution in [0.1, 0.15) is 412 Å². The van der Waals surface area contributed by atoms with Gasteiger partial charge in [-0.25, -0.2) is 0 Å². The standard InChI is InChI=1S/C74H143NO5/c1-3-5-7-9-11-13-15-17-19-21-23-24-25-28-31-34-38-42-46-50-54-58-62-66-72(77)71(70-76)75-73(78)67-63-59-55-51-47-43-39-35-32-29-26-27-30-33-37-41-45-49-53-57-61-65-69-80-74(79)68-64-60-56-52-48-44-40-36-22-20-18-16-14-12-10-8-6-4-2/h14,16,20,22,71-72,76-77H,3-13,15,17-19,21,23-70H2,1-2H3,(H,75,78)/b16-14-,22-20-. The number of rotatable bonds is 69. The maximum Gasteiger partial charge on any atom is 0.305 e. The Labute approximate surface area is 501 Å². The van der Waals surface area contributed by atoms with Gasteiger partial charge >= 0.3 is 5.97 Å². The van der Waals surface area contributed by atoms with Crippen molar-refractivity contribution < 1.29 is 24.5 Å². The highest BCUT2D eigenvalue weighted by molar-refractivity contribution is 5.76. The van der Waals surface area contributed by atoms with Gasteiger partial charge in [-0.3, -0.25) is 9.59 Å². The number of aliphatic hydroxyl groups excluding tert-OH is 2. The third-order valence-electron chi connectivity index (χ3n) is 17.3. The predicted octanol–water partition coefficient (Wildman–Crippen LogP) is 23.7. The quantitative estimate of drug-likeness (QED) is 0.0320. The second kappa shape index (κ2) is 69.8. The van der Waals surface area contributed by atoms with E-state index in [0.29, 0.717) is 25.9 Å². The largest absolute Gasteiger partial charge is 0.466 e.